The van der Waals surface area contributed by atoms with Gasteiger partial charge in [0.1, 0.15) is 0 Å². The summed E-state index contributed by atoms with van der Waals surface area (Å²) in [4.78, 5) is 11.6. The molecule has 0 fully saturated rings. The second-order valence-corrected chi connectivity index (χ2v) is 4.75. The minimum absolute atomic E-state index is 0.213. The van der Waals surface area contributed by atoms with Gasteiger partial charge in [-0.2, -0.15) is 0 Å². The molecule has 2 heteroatoms. The van der Waals surface area contributed by atoms with Crippen molar-refractivity contribution in [3.8, 4) is 0 Å². The average Bonchev–Trinajstić information content (AvgIpc) is 2.34. The van der Waals surface area contributed by atoms with Crippen LogP contribution in [0.15, 0.2) is 30.3 Å². The maximum absolute atomic E-state index is 11.6. The largest absolute Gasteiger partial charge is 0.462 e. The summed E-state index contributed by atoms with van der Waals surface area (Å²) in [6.07, 6.45) is 4.58. The summed E-state index contributed by atoms with van der Waals surface area (Å²) >= 11 is 0. The van der Waals surface area contributed by atoms with E-state index < -0.39 is 0 Å². The molecule has 94 valence electrons. The molecule has 0 N–H and O–H groups in total. The highest BCUT2D eigenvalue weighted by molar-refractivity contribution is 5.89. The Hall–Kier alpha value is -1.31. The van der Waals surface area contributed by atoms with E-state index in [1.54, 1.807) is 12.1 Å². The average molecular weight is 234 g/mol. The van der Waals surface area contributed by atoms with Crippen LogP contribution in [0.25, 0.3) is 0 Å². The van der Waals surface area contributed by atoms with Gasteiger partial charge in [0.25, 0.3) is 0 Å². The smallest absolute Gasteiger partial charge is 0.338 e. The van der Waals surface area contributed by atoms with Crippen LogP contribution in [0.5, 0.6) is 0 Å². The lowest BCUT2D eigenvalue weighted by Crippen LogP contribution is -2.06. The molecule has 0 aliphatic rings. The SMILES string of the molecule is CC(C)CCCCCOC(=O)c1ccccc1. The first kappa shape index (κ1) is 13.8. The summed E-state index contributed by atoms with van der Waals surface area (Å²) in [5.41, 5.74) is 0.634. The Bertz CT molecular complexity index is 317. The highest BCUT2D eigenvalue weighted by Crippen LogP contribution is 2.08. The van der Waals surface area contributed by atoms with Gasteiger partial charge in [-0.3, -0.25) is 0 Å². The summed E-state index contributed by atoms with van der Waals surface area (Å²) in [5, 5.41) is 0. The van der Waals surface area contributed by atoms with Crippen molar-refractivity contribution >= 4 is 5.97 Å². The molecule has 0 heterocycles. The number of rotatable bonds is 7. The van der Waals surface area contributed by atoms with Gasteiger partial charge in [0.15, 0.2) is 0 Å². The third-order valence-corrected chi connectivity index (χ3v) is 2.67. The number of carbonyl (C=O) groups excluding carboxylic acids is 1. The number of hydrogen-bond acceptors (Lipinski definition) is 2. The van der Waals surface area contributed by atoms with Crippen LogP contribution in [0.1, 0.15) is 49.9 Å². The van der Waals surface area contributed by atoms with Crippen molar-refractivity contribution in [3.05, 3.63) is 35.9 Å². The Morgan fingerprint density at radius 2 is 1.82 bits per heavy atom. The summed E-state index contributed by atoms with van der Waals surface area (Å²) < 4.78 is 5.20. The van der Waals surface area contributed by atoms with Crippen molar-refractivity contribution in [1.29, 1.82) is 0 Å². The molecule has 0 atom stereocenters. The molecule has 0 bridgehead atoms. The molecule has 0 radical (unpaired) electrons. The molecule has 17 heavy (non-hydrogen) atoms. The summed E-state index contributed by atoms with van der Waals surface area (Å²) in [5.74, 6) is 0.552. The van der Waals surface area contributed by atoms with Crippen LogP contribution in [-0.4, -0.2) is 12.6 Å². The van der Waals surface area contributed by atoms with Gasteiger partial charge in [-0.25, -0.2) is 4.79 Å². The molecule has 1 aromatic carbocycles. The van der Waals surface area contributed by atoms with Crippen molar-refractivity contribution in [1.82, 2.24) is 0 Å². The van der Waals surface area contributed by atoms with Gasteiger partial charge in [-0.05, 0) is 24.5 Å². The predicted octanol–water partition coefficient (Wildman–Crippen LogP) is 4.06. The second kappa shape index (κ2) is 7.88. The van der Waals surface area contributed by atoms with E-state index in [1.807, 2.05) is 18.2 Å². The molecular formula is C15H22O2. The van der Waals surface area contributed by atoms with Gasteiger partial charge in [0, 0.05) is 0 Å². The Morgan fingerprint density at radius 3 is 2.47 bits per heavy atom. The Morgan fingerprint density at radius 1 is 1.12 bits per heavy atom. The van der Waals surface area contributed by atoms with Crippen LogP contribution in [-0.2, 0) is 4.74 Å². The third kappa shape index (κ3) is 6.10. The van der Waals surface area contributed by atoms with Crippen molar-refractivity contribution in [2.75, 3.05) is 6.61 Å². The molecule has 0 unspecified atom stereocenters. The van der Waals surface area contributed by atoms with Gasteiger partial charge >= 0.3 is 5.97 Å². The predicted molar refractivity (Wildman–Crippen MR) is 70.0 cm³/mol. The molecule has 1 rings (SSSR count). The van der Waals surface area contributed by atoms with Gasteiger partial charge in [-0.15, -0.1) is 0 Å². The van der Waals surface area contributed by atoms with Gasteiger partial charge < -0.3 is 4.74 Å². The van der Waals surface area contributed by atoms with E-state index in [2.05, 4.69) is 13.8 Å². The first-order valence-electron chi connectivity index (χ1n) is 6.42. The number of unbranched alkanes of at least 4 members (excludes halogenated alkanes) is 2. The lowest BCUT2D eigenvalue weighted by Gasteiger charge is -2.06. The first-order valence-corrected chi connectivity index (χ1v) is 6.42. The standard InChI is InChI=1S/C15H22O2/c1-13(2)9-5-4-8-12-17-15(16)14-10-6-3-7-11-14/h3,6-7,10-11,13H,4-5,8-9,12H2,1-2H3. The zero-order chi connectivity index (χ0) is 12.5. The van der Waals surface area contributed by atoms with Gasteiger partial charge in [0.2, 0.25) is 0 Å². The van der Waals surface area contributed by atoms with E-state index in [0.29, 0.717) is 12.2 Å². The van der Waals surface area contributed by atoms with E-state index in [1.165, 1.54) is 12.8 Å². The molecule has 0 aromatic heterocycles. The van der Waals surface area contributed by atoms with Gasteiger partial charge in [0.05, 0.1) is 12.2 Å². The molecule has 0 amide bonds. The summed E-state index contributed by atoms with van der Waals surface area (Å²) in [6.45, 7) is 5.00. The van der Waals surface area contributed by atoms with Crippen molar-refractivity contribution in [3.63, 3.8) is 0 Å². The minimum atomic E-state index is -0.213. The Labute approximate surface area is 104 Å². The Balaban J connectivity index is 2.09. The van der Waals surface area contributed by atoms with Crippen molar-refractivity contribution in [2.45, 2.75) is 39.5 Å². The van der Waals surface area contributed by atoms with Crippen molar-refractivity contribution < 1.29 is 9.53 Å². The molecule has 0 spiro atoms. The lowest BCUT2D eigenvalue weighted by molar-refractivity contribution is 0.0497. The zero-order valence-corrected chi connectivity index (χ0v) is 10.8. The normalized spacial score (nSPS) is 10.5. The van der Waals surface area contributed by atoms with Crippen LogP contribution in [0, 0.1) is 5.92 Å². The van der Waals surface area contributed by atoms with E-state index in [0.717, 1.165) is 18.8 Å². The number of carbonyl (C=O) groups is 1. The number of ether oxygens (including phenoxy) is 1. The van der Waals surface area contributed by atoms with E-state index in [4.69, 9.17) is 4.74 Å². The van der Waals surface area contributed by atoms with Gasteiger partial charge in [-0.1, -0.05) is 51.3 Å². The van der Waals surface area contributed by atoms with E-state index in [9.17, 15) is 4.79 Å². The lowest BCUT2D eigenvalue weighted by atomic mass is 10.1. The molecule has 1 aromatic rings. The maximum Gasteiger partial charge on any atom is 0.338 e. The number of hydrogen-bond donors (Lipinski definition) is 0. The molecule has 0 saturated carbocycles. The molecule has 0 aliphatic heterocycles. The van der Waals surface area contributed by atoms with E-state index >= 15 is 0 Å². The quantitative estimate of drug-likeness (QED) is 0.525. The molecule has 2 nitrogen and oxygen atoms in total. The van der Waals surface area contributed by atoms with Crippen LogP contribution < -0.4 is 0 Å². The topological polar surface area (TPSA) is 26.3 Å². The fourth-order valence-corrected chi connectivity index (χ4v) is 1.65. The fraction of sp³-hybridized carbons (Fsp3) is 0.533. The fourth-order valence-electron chi connectivity index (χ4n) is 1.65. The molecular weight excluding hydrogens is 212 g/mol. The van der Waals surface area contributed by atoms with Crippen LogP contribution in [0.4, 0.5) is 0 Å². The monoisotopic (exact) mass is 234 g/mol. The number of benzene rings is 1. The maximum atomic E-state index is 11.6. The van der Waals surface area contributed by atoms with E-state index in [-0.39, 0.29) is 5.97 Å². The first-order chi connectivity index (χ1) is 8.20. The van der Waals surface area contributed by atoms with Crippen molar-refractivity contribution in [2.24, 2.45) is 5.92 Å². The minimum Gasteiger partial charge on any atom is -0.462 e. The van der Waals surface area contributed by atoms with Crippen LogP contribution in [0.3, 0.4) is 0 Å². The number of esters is 1. The highest BCUT2D eigenvalue weighted by atomic mass is 16.5. The Kier molecular flexibility index (Phi) is 6.38. The second-order valence-electron chi connectivity index (χ2n) is 4.75. The molecule has 0 saturated heterocycles. The zero-order valence-electron chi connectivity index (χ0n) is 10.8. The highest BCUT2D eigenvalue weighted by Gasteiger charge is 2.04. The van der Waals surface area contributed by atoms with Crippen LogP contribution >= 0.6 is 0 Å². The summed E-state index contributed by atoms with van der Waals surface area (Å²) in [7, 11) is 0. The van der Waals surface area contributed by atoms with Crippen LogP contribution in [0.2, 0.25) is 0 Å². The molecule has 0 aliphatic carbocycles. The summed E-state index contributed by atoms with van der Waals surface area (Å²) in [6, 6.07) is 9.14. The third-order valence-electron chi connectivity index (χ3n) is 2.67.